The van der Waals surface area contributed by atoms with Crippen LogP contribution in [-0.4, -0.2) is 46.2 Å². The molecule has 144 valence electrons. The molecule has 3 aromatic rings. The number of fused-ring (bicyclic) bond motifs is 1. The average Bonchev–Trinajstić information content (AvgIpc) is 3.09. The zero-order valence-electron chi connectivity index (χ0n) is 16.5. The van der Waals surface area contributed by atoms with Crippen molar-refractivity contribution in [2.75, 3.05) is 25.5 Å². The Kier molecular flexibility index (Phi) is 4.86. The predicted molar refractivity (Wildman–Crippen MR) is 109 cm³/mol. The van der Waals surface area contributed by atoms with Crippen LogP contribution in [0.15, 0.2) is 54.6 Å². The lowest BCUT2D eigenvalue weighted by atomic mass is 10.0. The van der Waals surface area contributed by atoms with Gasteiger partial charge in [0.1, 0.15) is 11.6 Å². The minimum Gasteiger partial charge on any atom is -0.378 e. The van der Waals surface area contributed by atoms with Crippen LogP contribution in [0.5, 0.6) is 0 Å². The Morgan fingerprint density at radius 2 is 1.89 bits per heavy atom. The van der Waals surface area contributed by atoms with E-state index in [0.29, 0.717) is 18.7 Å². The summed E-state index contributed by atoms with van der Waals surface area (Å²) in [6.07, 6.45) is 0.720. The normalized spacial score (nSPS) is 16.0. The number of aryl methyl sites for hydroxylation is 1. The molecule has 0 N–H and O–H groups in total. The van der Waals surface area contributed by atoms with Gasteiger partial charge in [-0.15, -0.1) is 0 Å². The molecule has 0 fully saturated rings. The molecular formula is C22H25N5O. The Hall–Kier alpha value is -3.15. The number of nitrogens with zero attached hydrogens (tertiary/aromatic N) is 5. The van der Waals surface area contributed by atoms with Crippen molar-refractivity contribution in [2.24, 2.45) is 0 Å². The van der Waals surface area contributed by atoms with Crippen LogP contribution < -0.4 is 4.90 Å². The zero-order chi connectivity index (χ0) is 19.7. The molecule has 4 rings (SSSR count). The summed E-state index contributed by atoms with van der Waals surface area (Å²) in [5, 5.41) is 4.51. The second kappa shape index (κ2) is 7.46. The number of hydrogen-bond donors (Lipinski definition) is 0. The lowest BCUT2D eigenvalue weighted by Gasteiger charge is -2.35. The molecule has 0 saturated carbocycles. The van der Waals surface area contributed by atoms with Crippen LogP contribution in [0.3, 0.4) is 0 Å². The van der Waals surface area contributed by atoms with E-state index in [-0.39, 0.29) is 11.9 Å². The Morgan fingerprint density at radius 3 is 2.64 bits per heavy atom. The van der Waals surface area contributed by atoms with Crippen LogP contribution >= 0.6 is 0 Å². The largest absolute Gasteiger partial charge is 0.378 e. The molecular weight excluding hydrogens is 350 g/mol. The van der Waals surface area contributed by atoms with Crippen molar-refractivity contribution in [3.63, 3.8) is 0 Å². The van der Waals surface area contributed by atoms with E-state index in [9.17, 15) is 4.79 Å². The first kappa shape index (κ1) is 18.2. The number of aromatic nitrogens is 3. The summed E-state index contributed by atoms with van der Waals surface area (Å²) in [6, 6.07) is 17.9. The summed E-state index contributed by atoms with van der Waals surface area (Å²) in [5.74, 6) is 1.65. The van der Waals surface area contributed by atoms with Gasteiger partial charge in [0.25, 0.3) is 5.91 Å². The maximum atomic E-state index is 13.4. The molecule has 2 aromatic carbocycles. The minimum atomic E-state index is -0.132. The molecule has 1 aromatic heterocycles. The van der Waals surface area contributed by atoms with Crippen LogP contribution in [-0.2, 0) is 13.0 Å². The van der Waals surface area contributed by atoms with Gasteiger partial charge in [0.2, 0.25) is 0 Å². The van der Waals surface area contributed by atoms with E-state index in [0.717, 1.165) is 23.8 Å². The topological polar surface area (TPSA) is 54.3 Å². The summed E-state index contributed by atoms with van der Waals surface area (Å²) in [6.45, 7) is 3.19. The standard InChI is InChI=1S/C22H25N5O/c1-16-23-21-20(14-17-8-5-4-6-9-17)26(12-13-27(21)24-16)22(28)18-10-7-11-19(15-18)25(2)3/h4-11,15,20H,12-14H2,1-3H3/t20-/m0/s1. The molecule has 0 spiro atoms. The van der Waals surface area contributed by atoms with Crippen molar-refractivity contribution in [3.8, 4) is 0 Å². The highest BCUT2D eigenvalue weighted by Crippen LogP contribution is 2.29. The van der Waals surface area contributed by atoms with E-state index >= 15 is 0 Å². The van der Waals surface area contributed by atoms with E-state index in [2.05, 4.69) is 22.2 Å². The number of benzene rings is 2. The maximum Gasteiger partial charge on any atom is 0.254 e. The number of carbonyl (C=O) groups excluding carboxylic acids is 1. The molecule has 1 aliphatic rings. The molecule has 6 heteroatoms. The number of anilines is 1. The van der Waals surface area contributed by atoms with Crippen LogP contribution in [0.2, 0.25) is 0 Å². The summed E-state index contributed by atoms with van der Waals surface area (Å²) < 4.78 is 1.95. The van der Waals surface area contributed by atoms with E-state index in [4.69, 9.17) is 0 Å². The van der Waals surface area contributed by atoms with Gasteiger partial charge in [-0.1, -0.05) is 36.4 Å². The van der Waals surface area contributed by atoms with Gasteiger partial charge in [-0.3, -0.25) is 4.79 Å². The van der Waals surface area contributed by atoms with Crippen molar-refractivity contribution in [1.29, 1.82) is 0 Å². The number of rotatable bonds is 4. The fourth-order valence-corrected chi connectivity index (χ4v) is 3.75. The number of hydrogen-bond acceptors (Lipinski definition) is 4. The summed E-state index contributed by atoms with van der Waals surface area (Å²) in [7, 11) is 3.96. The summed E-state index contributed by atoms with van der Waals surface area (Å²) in [5.41, 5.74) is 2.90. The van der Waals surface area contributed by atoms with Crippen molar-refractivity contribution in [3.05, 3.63) is 77.4 Å². The average molecular weight is 375 g/mol. The summed E-state index contributed by atoms with van der Waals surface area (Å²) in [4.78, 5) is 22.1. The van der Waals surface area contributed by atoms with Gasteiger partial charge in [-0.05, 0) is 30.7 Å². The molecule has 1 atom stereocenters. The molecule has 0 radical (unpaired) electrons. The van der Waals surface area contributed by atoms with Gasteiger partial charge in [0, 0.05) is 38.3 Å². The van der Waals surface area contributed by atoms with Crippen LogP contribution in [0, 0.1) is 6.92 Å². The molecule has 0 bridgehead atoms. The molecule has 0 unspecified atom stereocenters. The third kappa shape index (κ3) is 3.50. The predicted octanol–water partition coefficient (Wildman–Crippen LogP) is 3.09. The Bertz CT molecular complexity index is 980. The minimum absolute atomic E-state index is 0.0385. The van der Waals surface area contributed by atoms with E-state index in [1.165, 1.54) is 5.56 Å². The first-order valence-corrected chi connectivity index (χ1v) is 9.56. The Balaban J connectivity index is 1.70. The lowest BCUT2D eigenvalue weighted by molar-refractivity contribution is 0.0608. The second-order valence-electron chi connectivity index (χ2n) is 7.39. The smallest absolute Gasteiger partial charge is 0.254 e. The van der Waals surface area contributed by atoms with Crippen molar-refractivity contribution in [1.82, 2.24) is 19.7 Å². The zero-order valence-corrected chi connectivity index (χ0v) is 16.5. The second-order valence-corrected chi connectivity index (χ2v) is 7.39. The molecule has 28 heavy (non-hydrogen) atoms. The molecule has 2 heterocycles. The van der Waals surface area contributed by atoms with Crippen molar-refractivity contribution >= 4 is 11.6 Å². The van der Waals surface area contributed by atoms with Gasteiger partial charge in [-0.25, -0.2) is 9.67 Å². The number of carbonyl (C=O) groups is 1. The molecule has 1 aliphatic heterocycles. The molecule has 6 nitrogen and oxygen atoms in total. The SMILES string of the molecule is Cc1nc2n(n1)CCN(C(=O)c1cccc(N(C)C)c1)[C@H]2Cc1ccccc1. The van der Waals surface area contributed by atoms with Crippen molar-refractivity contribution < 1.29 is 4.79 Å². The quantitative estimate of drug-likeness (QED) is 0.703. The first-order valence-electron chi connectivity index (χ1n) is 9.56. The maximum absolute atomic E-state index is 13.4. The van der Waals surface area contributed by atoms with Gasteiger partial charge >= 0.3 is 0 Å². The number of amides is 1. The Labute approximate surface area is 165 Å². The highest BCUT2D eigenvalue weighted by molar-refractivity contribution is 5.95. The molecule has 1 amide bonds. The van der Waals surface area contributed by atoms with Crippen LogP contribution in [0.4, 0.5) is 5.69 Å². The molecule has 0 aliphatic carbocycles. The third-order valence-electron chi connectivity index (χ3n) is 5.18. The van der Waals surface area contributed by atoms with Crippen molar-refractivity contribution in [2.45, 2.75) is 25.9 Å². The highest BCUT2D eigenvalue weighted by atomic mass is 16.2. The monoisotopic (exact) mass is 375 g/mol. The van der Waals surface area contributed by atoms with Gasteiger partial charge in [0.05, 0.1) is 12.6 Å². The fraction of sp³-hybridized carbons (Fsp3) is 0.318. The van der Waals surface area contributed by atoms with Gasteiger partial charge in [-0.2, -0.15) is 5.10 Å². The van der Waals surface area contributed by atoms with Crippen LogP contribution in [0.25, 0.3) is 0 Å². The lowest BCUT2D eigenvalue weighted by Crippen LogP contribution is -2.43. The summed E-state index contributed by atoms with van der Waals surface area (Å²) >= 11 is 0. The van der Waals surface area contributed by atoms with Crippen LogP contribution in [0.1, 0.15) is 33.6 Å². The Morgan fingerprint density at radius 1 is 1.11 bits per heavy atom. The van der Waals surface area contributed by atoms with Gasteiger partial charge in [0.15, 0.2) is 0 Å². The van der Waals surface area contributed by atoms with E-state index < -0.39 is 0 Å². The van der Waals surface area contributed by atoms with E-state index in [1.807, 2.05) is 78.0 Å². The molecule has 0 saturated heterocycles. The highest BCUT2D eigenvalue weighted by Gasteiger charge is 2.34. The first-order chi connectivity index (χ1) is 13.5. The fourth-order valence-electron chi connectivity index (χ4n) is 3.75. The van der Waals surface area contributed by atoms with E-state index in [1.54, 1.807) is 0 Å². The third-order valence-corrected chi connectivity index (χ3v) is 5.18. The van der Waals surface area contributed by atoms with Gasteiger partial charge < -0.3 is 9.80 Å².